The van der Waals surface area contributed by atoms with E-state index in [9.17, 15) is 13.6 Å². The molecule has 0 spiro atoms. The molecule has 1 aliphatic rings. The molecule has 0 saturated carbocycles. The first kappa shape index (κ1) is 11.0. The maximum Gasteiger partial charge on any atom is 0.166 e. The molecule has 3 heteroatoms. The van der Waals surface area contributed by atoms with Gasteiger partial charge in [-0.3, -0.25) is 4.79 Å². The third-order valence-electron chi connectivity index (χ3n) is 2.75. The van der Waals surface area contributed by atoms with Crippen LogP contribution >= 0.6 is 0 Å². The third kappa shape index (κ3) is 2.18. The van der Waals surface area contributed by atoms with Gasteiger partial charge in [0.2, 0.25) is 0 Å². The average Bonchev–Trinajstić information content (AvgIpc) is 2.47. The molecule has 0 unspecified atom stereocenters. The number of ketones is 1. The van der Waals surface area contributed by atoms with Gasteiger partial charge in [-0.25, -0.2) is 8.78 Å². The van der Waals surface area contributed by atoms with E-state index in [1.807, 2.05) is 0 Å². The van der Waals surface area contributed by atoms with Crippen molar-refractivity contribution in [3.8, 4) is 0 Å². The Morgan fingerprint density at radius 1 is 1.06 bits per heavy atom. The van der Waals surface area contributed by atoms with Crippen molar-refractivity contribution < 1.29 is 13.6 Å². The average molecular weight is 222 g/mol. The highest BCUT2D eigenvalue weighted by Crippen LogP contribution is 2.27. The van der Waals surface area contributed by atoms with Crippen LogP contribution in [0.4, 0.5) is 8.78 Å². The fourth-order valence-corrected chi connectivity index (χ4v) is 1.92. The highest BCUT2D eigenvalue weighted by molar-refractivity contribution is 5.97. The normalized spacial score (nSPS) is 16.9. The number of hydrogen-bond donors (Lipinski definition) is 0. The molecule has 1 nitrogen and oxygen atoms in total. The molecule has 2 rings (SSSR count). The number of hydrogen-bond acceptors (Lipinski definition) is 1. The fraction of sp³-hybridized carbons (Fsp3) is 0.308. The maximum atomic E-state index is 13.5. The lowest BCUT2D eigenvalue weighted by atomic mass is 10.0. The zero-order valence-electron chi connectivity index (χ0n) is 8.80. The summed E-state index contributed by atoms with van der Waals surface area (Å²) in [6, 6.07) is 4.06. The van der Waals surface area contributed by atoms with E-state index in [-0.39, 0.29) is 11.3 Å². The van der Waals surface area contributed by atoms with Gasteiger partial charge in [-0.1, -0.05) is 12.1 Å². The van der Waals surface area contributed by atoms with Crippen molar-refractivity contribution in [2.24, 2.45) is 0 Å². The summed E-state index contributed by atoms with van der Waals surface area (Å²) < 4.78 is 26.6. The molecule has 1 aromatic carbocycles. The van der Waals surface area contributed by atoms with Crippen LogP contribution in [0.3, 0.4) is 0 Å². The second-order valence-electron chi connectivity index (χ2n) is 3.94. The Balaban J connectivity index is 2.42. The van der Waals surface area contributed by atoms with E-state index < -0.39 is 11.6 Å². The van der Waals surface area contributed by atoms with Crippen LogP contribution < -0.4 is 0 Å². The predicted molar refractivity (Wildman–Crippen MR) is 57.8 cm³/mol. The zero-order chi connectivity index (χ0) is 11.5. The van der Waals surface area contributed by atoms with Gasteiger partial charge in [0.25, 0.3) is 0 Å². The number of halogens is 2. The molecule has 1 aliphatic carbocycles. The number of carbonyl (C=O) groups is 1. The maximum absolute atomic E-state index is 13.5. The van der Waals surface area contributed by atoms with Gasteiger partial charge < -0.3 is 0 Å². The summed E-state index contributed by atoms with van der Waals surface area (Å²) in [5.41, 5.74) is 0.828. The van der Waals surface area contributed by atoms with Gasteiger partial charge in [0.05, 0.1) is 0 Å². The van der Waals surface area contributed by atoms with Gasteiger partial charge in [0.1, 0.15) is 0 Å². The third-order valence-corrected chi connectivity index (χ3v) is 2.75. The molecule has 0 aromatic heterocycles. The first-order valence-corrected chi connectivity index (χ1v) is 5.36. The van der Waals surface area contributed by atoms with Gasteiger partial charge in [-0.2, -0.15) is 0 Å². The lowest BCUT2D eigenvalue weighted by Crippen LogP contribution is -1.95. The molecular weight excluding hydrogens is 210 g/mol. The molecule has 0 radical (unpaired) electrons. The lowest BCUT2D eigenvalue weighted by Gasteiger charge is -2.06. The summed E-state index contributed by atoms with van der Waals surface area (Å²) in [4.78, 5) is 11.4. The molecule has 0 fully saturated rings. The first-order valence-electron chi connectivity index (χ1n) is 5.36. The minimum absolute atomic E-state index is 0.00355. The van der Waals surface area contributed by atoms with Crippen LogP contribution in [-0.4, -0.2) is 5.78 Å². The highest BCUT2D eigenvalue weighted by Gasteiger charge is 2.15. The molecule has 0 amide bonds. The van der Waals surface area contributed by atoms with E-state index >= 15 is 0 Å². The Labute approximate surface area is 92.8 Å². The SMILES string of the molecule is O=C1C=C(c2cccc(F)c2F)CCCC1. The van der Waals surface area contributed by atoms with Crippen molar-refractivity contribution in [1.82, 2.24) is 0 Å². The highest BCUT2D eigenvalue weighted by atomic mass is 19.2. The van der Waals surface area contributed by atoms with Crippen LogP contribution in [0.2, 0.25) is 0 Å². The van der Waals surface area contributed by atoms with Crippen molar-refractivity contribution in [2.75, 3.05) is 0 Å². The van der Waals surface area contributed by atoms with E-state index in [0.717, 1.165) is 18.9 Å². The smallest absolute Gasteiger partial charge is 0.166 e. The standard InChI is InChI=1S/C13H12F2O/c14-12-7-3-6-11(13(12)15)9-4-1-2-5-10(16)8-9/h3,6-8H,1-2,4-5H2. The fourth-order valence-electron chi connectivity index (χ4n) is 1.92. The Morgan fingerprint density at radius 3 is 2.62 bits per heavy atom. The van der Waals surface area contributed by atoms with Crippen LogP contribution in [0.1, 0.15) is 31.2 Å². The van der Waals surface area contributed by atoms with Crippen LogP contribution in [0, 0.1) is 11.6 Å². The number of benzene rings is 1. The van der Waals surface area contributed by atoms with E-state index in [4.69, 9.17) is 0 Å². The molecule has 84 valence electrons. The summed E-state index contributed by atoms with van der Waals surface area (Å²) >= 11 is 0. The largest absolute Gasteiger partial charge is 0.295 e. The summed E-state index contributed by atoms with van der Waals surface area (Å²) in [7, 11) is 0. The van der Waals surface area contributed by atoms with Crippen LogP contribution in [0.25, 0.3) is 5.57 Å². The number of allylic oxidation sites excluding steroid dienone is 2. The van der Waals surface area contributed by atoms with Gasteiger partial charge in [-0.05, 0) is 37.0 Å². The van der Waals surface area contributed by atoms with Crippen molar-refractivity contribution in [3.05, 3.63) is 41.5 Å². The molecule has 16 heavy (non-hydrogen) atoms. The molecule has 0 aliphatic heterocycles. The molecule has 0 heterocycles. The Hall–Kier alpha value is -1.51. The quantitative estimate of drug-likeness (QED) is 0.710. The molecule has 0 saturated heterocycles. The van der Waals surface area contributed by atoms with Crippen molar-refractivity contribution in [3.63, 3.8) is 0 Å². The van der Waals surface area contributed by atoms with Crippen LogP contribution in [-0.2, 0) is 4.79 Å². The molecule has 0 bridgehead atoms. The Morgan fingerprint density at radius 2 is 1.81 bits per heavy atom. The van der Waals surface area contributed by atoms with Gasteiger partial charge >= 0.3 is 0 Å². The van der Waals surface area contributed by atoms with E-state index in [1.54, 1.807) is 0 Å². The first-order chi connectivity index (χ1) is 7.68. The van der Waals surface area contributed by atoms with E-state index in [0.29, 0.717) is 18.4 Å². The second-order valence-corrected chi connectivity index (χ2v) is 3.94. The van der Waals surface area contributed by atoms with Gasteiger partial charge in [-0.15, -0.1) is 0 Å². The van der Waals surface area contributed by atoms with Crippen LogP contribution in [0.5, 0.6) is 0 Å². The minimum atomic E-state index is -0.866. The van der Waals surface area contributed by atoms with E-state index in [2.05, 4.69) is 0 Å². The van der Waals surface area contributed by atoms with Crippen LogP contribution in [0.15, 0.2) is 24.3 Å². The summed E-state index contributed by atoms with van der Waals surface area (Å²) in [6.07, 6.45) is 4.24. The van der Waals surface area contributed by atoms with Crippen molar-refractivity contribution >= 4 is 11.4 Å². The monoisotopic (exact) mass is 222 g/mol. The molecule has 1 aromatic rings. The molecule has 0 N–H and O–H groups in total. The number of rotatable bonds is 1. The molecular formula is C13H12F2O. The minimum Gasteiger partial charge on any atom is -0.295 e. The van der Waals surface area contributed by atoms with Gasteiger partial charge in [0.15, 0.2) is 17.4 Å². The lowest BCUT2D eigenvalue weighted by molar-refractivity contribution is -0.114. The van der Waals surface area contributed by atoms with Crippen molar-refractivity contribution in [2.45, 2.75) is 25.7 Å². The summed E-state index contributed by atoms with van der Waals surface area (Å²) in [5, 5.41) is 0. The van der Waals surface area contributed by atoms with Gasteiger partial charge in [0, 0.05) is 12.0 Å². The summed E-state index contributed by atoms with van der Waals surface area (Å²) in [5.74, 6) is -1.73. The van der Waals surface area contributed by atoms with Crippen molar-refractivity contribution in [1.29, 1.82) is 0 Å². The second kappa shape index (κ2) is 4.56. The Bertz CT molecular complexity index is 449. The summed E-state index contributed by atoms with van der Waals surface area (Å²) in [6.45, 7) is 0. The zero-order valence-corrected chi connectivity index (χ0v) is 8.80. The molecule has 0 atom stereocenters. The number of carbonyl (C=O) groups excluding carboxylic acids is 1. The van der Waals surface area contributed by atoms with E-state index in [1.165, 1.54) is 18.2 Å². The topological polar surface area (TPSA) is 17.1 Å². The Kier molecular flexibility index (Phi) is 3.13. The predicted octanol–water partition coefficient (Wildman–Crippen LogP) is 3.49.